The fourth-order valence-electron chi connectivity index (χ4n) is 5.32. The normalized spacial score (nSPS) is 16.8. The number of anilines is 2. The number of amides is 1. The molecule has 0 radical (unpaired) electrons. The molecule has 180 valence electrons. The zero-order valence-corrected chi connectivity index (χ0v) is 20.2. The van der Waals surface area contributed by atoms with Crippen molar-refractivity contribution in [1.82, 2.24) is 19.5 Å². The van der Waals surface area contributed by atoms with Crippen molar-refractivity contribution in [3.05, 3.63) is 36.4 Å². The molecule has 1 fully saturated rings. The van der Waals surface area contributed by atoms with Crippen molar-refractivity contribution in [2.45, 2.75) is 58.9 Å². The molecule has 0 spiro atoms. The number of benzene rings is 1. The zero-order chi connectivity index (χ0) is 23.5. The first-order valence-corrected chi connectivity index (χ1v) is 12.7. The molecule has 0 saturated carbocycles. The number of piperidine rings is 1. The second-order valence-corrected chi connectivity index (χ2v) is 9.10. The average molecular weight is 463 g/mol. The lowest BCUT2D eigenvalue weighted by molar-refractivity contribution is -0.122. The van der Waals surface area contributed by atoms with Crippen LogP contribution in [-0.4, -0.2) is 51.7 Å². The Morgan fingerprint density at radius 2 is 1.91 bits per heavy atom. The first kappa shape index (κ1) is 22.6. The number of rotatable bonds is 6. The number of imidazole rings is 1. The topological polar surface area (TPSA) is 76.4 Å². The molecule has 1 aromatic carbocycles. The van der Waals surface area contributed by atoms with Crippen LogP contribution in [0.15, 0.2) is 30.6 Å². The number of aromatic nitrogens is 4. The number of aryl methyl sites for hydroxylation is 2. The summed E-state index contributed by atoms with van der Waals surface area (Å²) < 4.78 is 8.07. The largest absolute Gasteiger partial charge is 0.492 e. The molecular weight excluding hydrogens is 428 g/mol. The van der Waals surface area contributed by atoms with Crippen LogP contribution in [0.25, 0.3) is 11.2 Å². The van der Waals surface area contributed by atoms with Crippen molar-refractivity contribution in [2.24, 2.45) is 5.92 Å². The van der Waals surface area contributed by atoms with E-state index < -0.39 is 0 Å². The molecule has 0 bridgehead atoms. The van der Waals surface area contributed by atoms with Gasteiger partial charge < -0.3 is 19.1 Å². The van der Waals surface area contributed by atoms with E-state index in [1.54, 1.807) is 6.33 Å². The number of nitrogens with zero attached hydrogens (tertiary/aromatic N) is 6. The van der Waals surface area contributed by atoms with Gasteiger partial charge in [-0.1, -0.05) is 18.6 Å². The molecule has 5 rings (SSSR count). The van der Waals surface area contributed by atoms with E-state index in [9.17, 15) is 4.79 Å². The average Bonchev–Trinajstić information content (AvgIpc) is 3.06. The third kappa shape index (κ3) is 4.21. The Labute approximate surface area is 201 Å². The SMILES string of the molecule is CCOc1ccccc1N(CC)C(=O)C1CCN(c2ncnc3c2nc2n3CCCCC2)CC1. The number of ether oxygens (including phenoxy) is 1. The van der Waals surface area contributed by atoms with E-state index in [-0.39, 0.29) is 11.8 Å². The Morgan fingerprint density at radius 3 is 2.71 bits per heavy atom. The number of fused-ring (bicyclic) bond motifs is 3. The van der Waals surface area contributed by atoms with Crippen LogP contribution in [0, 0.1) is 5.92 Å². The van der Waals surface area contributed by atoms with Gasteiger partial charge in [0.15, 0.2) is 17.0 Å². The highest BCUT2D eigenvalue weighted by Crippen LogP contribution is 2.33. The fourth-order valence-corrected chi connectivity index (χ4v) is 5.32. The van der Waals surface area contributed by atoms with Gasteiger partial charge in [0.25, 0.3) is 0 Å². The number of hydrogen-bond donors (Lipinski definition) is 0. The highest BCUT2D eigenvalue weighted by Gasteiger charge is 2.31. The standard InChI is InChI=1S/C26H34N6O2/c1-3-31(20-10-7-8-11-21(20)34-4-2)26(33)19-13-16-30(17-14-19)24-23-25(28-18-27-24)32-15-9-5-6-12-22(32)29-23/h7-8,10-11,18-19H,3-6,9,12-17H2,1-2H3. The van der Waals surface area contributed by atoms with Crippen molar-refractivity contribution in [1.29, 1.82) is 0 Å². The summed E-state index contributed by atoms with van der Waals surface area (Å²) in [6.45, 7) is 7.74. The Bertz CT molecular complexity index is 1150. The van der Waals surface area contributed by atoms with Crippen molar-refractivity contribution in [2.75, 3.05) is 36.0 Å². The van der Waals surface area contributed by atoms with E-state index >= 15 is 0 Å². The molecule has 2 aliphatic heterocycles. The number of para-hydroxylation sites is 2. The predicted octanol–water partition coefficient (Wildman–Crippen LogP) is 4.22. The third-order valence-electron chi connectivity index (χ3n) is 7.06. The second kappa shape index (κ2) is 9.99. The molecule has 0 N–H and O–H groups in total. The first-order valence-electron chi connectivity index (χ1n) is 12.7. The number of carbonyl (C=O) groups is 1. The molecule has 2 aliphatic rings. The van der Waals surface area contributed by atoms with Gasteiger partial charge in [0.05, 0.1) is 12.3 Å². The fraction of sp³-hybridized carbons (Fsp3) is 0.538. The summed E-state index contributed by atoms with van der Waals surface area (Å²) in [6.07, 6.45) is 7.86. The minimum Gasteiger partial charge on any atom is -0.492 e. The van der Waals surface area contributed by atoms with Gasteiger partial charge in [-0.25, -0.2) is 15.0 Å². The molecule has 8 heteroatoms. The first-order chi connectivity index (χ1) is 16.7. The van der Waals surface area contributed by atoms with E-state index in [1.807, 2.05) is 43.0 Å². The Morgan fingerprint density at radius 1 is 1.09 bits per heavy atom. The molecule has 34 heavy (non-hydrogen) atoms. The van der Waals surface area contributed by atoms with E-state index in [0.29, 0.717) is 13.2 Å². The molecule has 4 heterocycles. The highest BCUT2D eigenvalue weighted by molar-refractivity contribution is 5.96. The maximum absolute atomic E-state index is 13.5. The molecule has 3 aromatic rings. The Kier molecular flexibility index (Phi) is 6.65. The molecule has 0 atom stereocenters. The number of carbonyl (C=O) groups excluding carboxylic acids is 1. The van der Waals surface area contributed by atoms with E-state index in [4.69, 9.17) is 9.72 Å². The van der Waals surface area contributed by atoms with Crippen molar-refractivity contribution in [3.8, 4) is 5.75 Å². The smallest absolute Gasteiger partial charge is 0.230 e. The van der Waals surface area contributed by atoms with Crippen molar-refractivity contribution in [3.63, 3.8) is 0 Å². The van der Waals surface area contributed by atoms with Crippen LogP contribution in [0.5, 0.6) is 5.75 Å². The summed E-state index contributed by atoms with van der Waals surface area (Å²) >= 11 is 0. The lowest BCUT2D eigenvalue weighted by atomic mass is 9.95. The van der Waals surface area contributed by atoms with Gasteiger partial charge in [-0.05, 0) is 51.7 Å². The summed E-state index contributed by atoms with van der Waals surface area (Å²) in [7, 11) is 0. The van der Waals surface area contributed by atoms with E-state index in [0.717, 1.165) is 73.1 Å². The van der Waals surface area contributed by atoms with Gasteiger partial charge in [0.1, 0.15) is 17.9 Å². The van der Waals surface area contributed by atoms with Crippen molar-refractivity contribution >= 4 is 28.6 Å². The maximum Gasteiger partial charge on any atom is 0.230 e. The molecule has 2 aromatic heterocycles. The summed E-state index contributed by atoms with van der Waals surface area (Å²) in [5, 5.41) is 0. The molecule has 8 nitrogen and oxygen atoms in total. The zero-order valence-electron chi connectivity index (χ0n) is 20.2. The van der Waals surface area contributed by atoms with Crippen LogP contribution in [0.3, 0.4) is 0 Å². The van der Waals surface area contributed by atoms with Crippen LogP contribution >= 0.6 is 0 Å². The van der Waals surface area contributed by atoms with Gasteiger partial charge in [-0.3, -0.25) is 4.79 Å². The van der Waals surface area contributed by atoms with Gasteiger partial charge in [-0.15, -0.1) is 0 Å². The lowest BCUT2D eigenvalue weighted by Gasteiger charge is -2.35. The van der Waals surface area contributed by atoms with Crippen molar-refractivity contribution < 1.29 is 9.53 Å². The minimum atomic E-state index is -0.0121. The summed E-state index contributed by atoms with van der Waals surface area (Å²) in [6, 6.07) is 7.82. The number of hydrogen-bond acceptors (Lipinski definition) is 6. The van der Waals surface area contributed by atoms with Gasteiger partial charge in [0.2, 0.25) is 5.91 Å². The van der Waals surface area contributed by atoms with Crippen LogP contribution < -0.4 is 14.5 Å². The predicted molar refractivity (Wildman–Crippen MR) is 133 cm³/mol. The molecule has 1 saturated heterocycles. The minimum absolute atomic E-state index is 0.0121. The van der Waals surface area contributed by atoms with Crippen LogP contribution in [0.4, 0.5) is 11.5 Å². The lowest BCUT2D eigenvalue weighted by Crippen LogP contribution is -2.43. The van der Waals surface area contributed by atoms with Gasteiger partial charge >= 0.3 is 0 Å². The third-order valence-corrected chi connectivity index (χ3v) is 7.06. The van der Waals surface area contributed by atoms with Crippen LogP contribution in [0.2, 0.25) is 0 Å². The molecular formula is C26H34N6O2. The van der Waals surface area contributed by atoms with E-state index in [1.165, 1.54) is 19.3 Å². The van der Waals surface area contributed by atoms with E-state index in [2.05, 4.69) is 19.4 Å². The summed E-state index contributed by atoms with van der Waals surface area (Å²) in [5.74, 6) is 2.97. The highest BCUT2D eigenvalue weighted by atomic mass is 16.5. The molecule has 1 amide bonds. The second-order valence-electron chi connectivity index (χ2n) is 9.10. The molecule has 0 unspecified atom stereocenters. The van der Waals surface area contributed by atoms with Gasteiger partial charge in [-0.2, -0.15) is 0 Å². The summed E-state index contributed by atoms with van der Waals surface area (Å²) in [4.78, 5) is 31.8. The summed E-state index contributed by atoms with van der Waals surface area (Å²) in [5.41, 5.74) is 2.71. The van der Waals surface area contributed by atoms with Crippen LogP contribution in [0.1, 0.15) is 51.8 Å². The Hall–Kier alpha value is -3.16. The van der Waals surface area contributed by atoms with Gasteiger partial charge in [0, 0.05) is 38.5 Å². The Balaban J connectivity index is 1.32. The molecule has 0 aliphatic carbocycles. The van der Waals surface area contributed by atoms with Crippen LogP contribution in [-0.2, 0) is 17.8 Å². The quantitative estimate of drug-likeness (QED) is 0.546. The maximum atomic E-state index is 13.5. The monoisotopic (exact) mass is 462 g/mol.